The summed E-state index contributed by atoms with van der Waals surface area (Å²) < 4.78 is 22.4. The molecule has 1 fully saturated rings. The number of ketones is 1. The van der Waals surface area contributed by atoms with Crippen LogP contribution in [-0.4, -0.2) is 19.7 Å². The highest BCUT2D eigenvalue weighted by Crippen LogP contribution is 2.58. The molecule has 1 aromatic carbocycles. The first-order chi connectivity index (χ1) is 12.1. The number of allylic oxidation sites excluding steroid dienone is 3. The van der Waals surface area contributed by atoms with Crippen LogP contribution in [0.5, 0.6) is 11.5 Å². The SMILES string of the molecule is C=CC[C@]12C=C(OC)C(=O)C=C1OC(c1ccc3c(c1)OCO3)C2C. The Kier molecular flexibility index (Phi) is 3.60. The van der Waals surface area contributed by atoms with Crippen molar-refractivity contribution >= 4 is 5.78 Å². The van der Waals surface area contributed by atoms with Gasteiger partial charge in [-0.05, 0) is 30.2 Å². The van der Waals surface area contributed by atoms with Crippen molar-refractivity contribution in [3.8, 4) is 11.5 Å². The van der Waals surface area contributed by atoms with E-state index in [1.54, 1.807) is 6.08 Å². The van der Waals surface area contributed by atoms with Crippen LogP contribution in [0, 0.1) is 11.3 Å². The van der Waals surface area contributed by atoms with Crippen molar-refractivity contribution < 1.29 is 23.7 Å². The zero-order chi connectivity index (χ0) is 17.6. The fraction of sp³-hybridized carbons (Fsp3) is 0.350. The van der Waals surface area contributed by atoms with Gasteiger partial charge in [-0.25, -0.2) is 0 Å². The topological polar surface area (TPSA) is 54.0 Å². The minimum atomic E-state index is -0.429. The molecule has 0 spiro atoms. The molecule has 5 heteroatoms. The number of carbonyl (C=O) groups excluding carboxylic acids is 1. The van der Waals surface area contributed by atoms with E-state index in [0.29, 0.717) is 17.9 Å². The van der Waals surface area contributed by atoms with E-state index in [1.807, 2.05) is 30.4 Å². The highest BCUT2D eigenvalue weighted by molar-refractivity contribution is 6.04. The Morgan fingerprint density at radius 2 is 2.16 bits per heavy atom. The number of benzene rings is 1. The predicted molar refractivity (Wildman–Crippen MR) is 91.0 cm³/mol. The number of methoxy groups -OCH3 is 1. The largest absolute Gasteiger partial charge is 0.493 e. The van der Waals surface area contributed by atoms with E-state index in [4.69, 9.17) is 18.9 Å². The molecule has 0 bridgehead atoms. The standard InChI is InChI=1S/C20H20O5/c1-4-7-20-10-17(22-3)14(21)9-18(20)25-19(12(20)2)13-5-6-15-16(8-13)24-11-23-15/h4-6,8-10,12,19H,1,7,11H2,2-3H3/t12?,19?,20-/m1/s1. The van der Waals surface area contributed by atoms with Gasteiger partial charge in [0.05, 0.1) is 12.5 Å². The fourth-order valence-electron chi connectivity index (χ4n) is 3.90. The Morgan fingerprint density at radius 1 is 1.36 bits per heavy atom. The van der Waals surface area contributed by atoms with E-state index < -0.39 is 5.41 Å². The number of carbonyl (C=O) groups is 1. The van der Waals surface area contributed by atoms with Crippen molar-refractivity contribution in [2.45, 2.75) is 19.4 Å². The van der Waals surface area contributed by atoms with E-state index in [-0.39, 0.29) is 24.6 Å². The first-order valence-corrected chi connectivity index (χ1v) is 8.29. The highest BCUT2D eigenvalue weighted by atomic mass is 16.7. The summed E-state index contributed by atoms with van der Waals surface area (Å²) in [5.74, 6) is 2.41. The molecule has 1 saturated heterocycles. The van der Waals surface area contributed by atoms with Crippen LogP contribution in [0.25, 0.3) is 0 Å². The zero-order valence-corrected chi connectivity index (χ0v) is 14.3. The summed E-state index contributed by atoms with van der Waals surface area (Å²) in [4.78, 5) is 12.2. The molecule has 0 aromatic heterocycles. The minimum absolute atomic E-state index is 0.0929. The van der Waals surface area contributed by atoms with Crippen molar-refractivity contribution in [3.05, 3.63) is 60.1 Å². The minimum Gasteiger partial charge on any atom is -0.493 e. The van der Waals surface area contributed by atoms with Gasteiger partial charge in [0.25, 0.3) is 0 Å². The van der Waals surface area contributed by atoms with E-state index in [0.717, 1.165) is 17.1 Å². The molecule has 0 N–H and O–H groups in total. The molecule has 2 unspecified atom stereocenters. The van der Waals surface area contributed by atoms with Crippen LogP contribution in [0.2, 0.25) is 0 Å². The average molecular weight is 340 g/mol. The lowest BCUT2D eigenvalue weighted by Crippen LogP contribution is -2.29. The Morgan fingerprint density at radius 3 is 2.92 bits per heavy atom. The summed E-state index contributed by atoms with van der Waals surface area (Å²) in [5, 5.41) is 0. The molecule has 130 valence electrons. The van der Waals surface area contributed by atoms with Crippen molar-refractivity contribution in [2.75, 3.05) is 13.9 Å². The molecule has 25 heavy (non-hydrogen) atoms. The highest BCUT2D eigenvalue weighted by Gasteiger charge is 2.53. The maximum atomic E-state index is 12.2. The predicted octanol–water partition coefficient (Wildman–Crippen LogP) is 3.68. The molecular weight excluding hydrogens is 320 g/mol. The summed E-state index contributed by atoms with van der Waals surface area (Å²) >= 11 is 0. The summed E-state index contributed by atoms with van der Waals surface area (Å²) in [6.45, 7) is 6.25. The third-order valence-electron chi connectivity index (χ3n) is 5.30. The maximum absolute atomic E-state index is 12.2. The van der Waals surface area contributed by atoms with Gasteiger partial charge in [0.15, 0.2) is 17.3 Å². The van der Waals surface area contributed by atoms with Gasteiger partial charge in [0.1, 0.15) is 11.9 Å². The van der Waals surface area contributed by atoms with Gasteiger partial charge in [-0.15, -0.1) is 6.58 Å². The Bertz CT molecular complexity index is 806. The second kappa shape index (κ2) is 5.69. The molecule has 0 saturated carbocycles. The third kappa shape index (κ3) is 2.26. The Hall–Kier alpha value is -2.69. The van der Waals surface area contributed by atoms with Crippen molar-refractivity contribution in [3.63, 3.8) is 0 Å². The van der Waals surface area contributed by atoms with Crippen LogP contribution in [0.1, 0.15) is 25.0 Å². The molecule has 3 aliphatic rings. The molecule has 1 aromatic rings. The Labute approximate surface area is 146 Å². The first-order valence-electron chi connectivity index (χ1n) is 8.29. The van der Waals surface area contributed by atoms with Gasteiger partial charge in [0, 0.05) is 12.0 Å². The quantitative estimate of drug-likeness (QED) is 0.783. The zero-order valence-electron chi connectivity index (χ0n) is 14.3. The maximum Gasteiger partial charge on any atom is 0.231 e. The summed E-state index contributed by atoms with van der Waals surface area (Å²) in [7, 11) is 1.51. The molecule has 2 aliphatic heterocycles. The number of ether oxygens (including phenoxy) is 4. The second-order valence-electron chi connectivity index (χ2n) is 6.56. The first kappa shape index (κ1) is 15.8. The molecular formula is C20H20O5. The van der Waals surface area contributed by atoms with Gasteiger partial charge in [-0.3, -0.25) is 4.79 Å². The lowest BCUT2D eigenvalue weighted by Gasteiger charge is -2.31. The second-order valence-corrected chi connectivity index (χ2v) is 6.56. The lowest BCUT2D eigenvalue weighted by molar-refractivity contribution is -0.114. The van der Waals surface area contributed by atoms with Gasteiger partial charge in [-0.2, -0.15) is 0 Å². The van der Waals surface area contributed by atoms with E-state index >= 15 is 0 Å². The molecule has 5 nitrogen and oxygen atoms in total. The monoisotopic (exact) mass is 340 g/mol. The normalized spacial score (nSPS) is 29.4. The molecule has 2 heterocycles. The van der Waals surface area contributed by atoms with Crippen molar-refractivity contribution in [1.29, 1.82) is 0 Å². The summed E-state index contributed by atoms with van der Waals surface area (Å²) in [6.07, 6.45) is 5.77. The molecule has 0 radical (unpaired) electrons. The fourth-order valence-corrected chi connectivity index (χ4v) is 3.90. The molecule has 3 atom stereocenters. The Balaban J connectivity index is 1.76. The van der Waals surface area contributed by atoms with Gasteiger partial charge in [0.2, 0.25) is 12.6 Å². The number of rotatable bonds is 4. The number of hydrogen-bond acceptors (Lipinski definition) is 5. The summed E-state index contributed by atoms with van der Waals surface area (Å²) in [5.41, 5.74) is 0.567. The number of hydrogen-bond donors (Lipinski definition) is 0. The van der Waals surface area contributed by atoms with E-state index in [2.05, 4.69) is 13.5 Å². The summed E-state index contributed by atoms with van der Waals surface area (Å²) in [6, 6.07) is 5.83. The van der Waals surface area contributed by atoms with Crippen molar-refractivity contribution in [2.24, 2.45) is 11.3 Å². The smallest absolute Gasteiger partial charge is 0.231 e. The van der Waals surface area contributed by atoms with Crippen LogP contribution in [0.3, 0.4) is 0 Å². The average Bonchev–Trinajstić information content (AvgIpc) is 3.18. The molecule has 4 rings (SSSR count). The van der Waals surface area contributed by atoms with Crippen LogP contribution >= 0.6 is 0 Å². The number of fused-ring (bicyclic) bond motifs is 2. The van der Waals surface area contributed by atoms with Crippen LogP contribution < -0.4 is 9.47 Å². The van der Waals surface area contributed by atoms with Gasteiger partial charge >= 0.3 is 0 Å². The van der Waals surface area contributed by atoms with Crippen LogP contribution in [-0.2, 0) is 14.3 Å². The molecule has 1 aliphatic carbocycles. The van der Waals surface area contributed by atoms with Gasteiger partial charge in [-0.1, -0.05) is 19.1 Å². The van der Waals surface area contributed by atoms with E-state index in [1.165, 1.54) is 7.11 Å². The lowest BCUT2D eigenvalue weighted by atomic mass is 9.69. The van der Waals surface area contributed by atoms with Gasteiger partial charge < -0.3 is 18.9 Å². The van der Waals surface area contributed by atoms with Crippen LogP contribution in [0.15, 0.2) is 54.5 Å². The molecule has 0 amide bonds. The van der Waals surface area contributed by atoms with Crippen molar-refractivity contribution in [1.82, 2.24) is 0 Å². The van der Waals surface area contributed by atoms with E-state index in [9.17, 15) is 4.79 Å². The third-order valence-corrected chi connectivity index (χ3v) is 5.30. The van der Waals surface area contributed by atoms with Crippen LogP contribution in [0.4, 0.5) is 0 Å².